The predicted octanol–water partition coefficient (Wildman–Crippen LogP) is 0.987. The number of benzene rings is 1. The molecule has 0 radical (unpaired) electrons. The molecular formula is C12H17N3O. The minimum atomic E-state index is -0.535. The molecule has 16 heavy (non-hydrogen) atoms. The minimum absolute atomic E-state index is 0.295. The Morgan fingerprint density at radius 3 is 2.75 bits per heavy atom. The van der Waals surface area contributed by atoms with Crippen molar-refractivity contribution in [3.05, 3.63) is 29.3 Å². The fraction of sp³-hybridized carbons (Fsp3) is 0.417. The average molecular weight is 219 g/mol. The number of nitriles is 1. The summed E-state index contributed by atoms with van der Waals surface area (Å²) in [5, 5.41) is 21.1. The number of aliphatic hydroxyl groups excluding tert-OH is 1. The minimum Gasteiger partial charge on any atom is -0.392 e. The van der Waals surface area contributed by atoms with Gasteiger partial charge in [0.1, 0.15) is 0 Å². The molecule has 0 aromatic heterocycles. The third kappa shape index (κ3) is 3.23. The van der Waals surface area contributed by atoms with Crippen LogP contribution in [0.1, 0.15) is 18.1 Å². The number of hydrogen-bond donors (Lipinski definition) is 3. The van der Waals surface area contributed by atoms with Gasteiger partial charge in [0.2, 0.25) is 0 Å². The maximum Gasteiger partial charge on any atom is 0.0994 e. The number of aliphatic hydroxyl groups is 1. The van der Waals surface area contributed by atoms with Gasteiger partial charge in [0.05, 0.1) is 17.7 Å². The van der Waals surface area contributed by atoms with Crippen LogP contribution in [-0.2, 0) is 0 Å². The molecule has 0 heterocycles. The molecule has 4 heteroatoms. The largest absolute Gasteiger partial charge is 0.392 e. The van der Waals surface area contributed by atoms with E-state index in [0.717, 1.165) is 11.3 Å². The van der Waals surface area contributed by atoms with Crippen molar-refractivity contribution in [3.8, 4) is 6.07 Å². The maximum atomic E-state index is 9.23. The molecule has 0 saturated carbocycles. The lowest BCUT2D eigenvalue weighted by atomic mass is 10.1. The number of aryl methyl sites for hydroxylation is 1. The van der Waals surface area contributed by atoms with Crippen LogP contribution in [0.15, 0.2) is 18.2 Å². The van der Waals surface area contributed by atoms with E-state index in [-0.39, 0.29) is 6.04 Å². The topological polar surface area (TPSA) is 82.1 Å². The fourth-order valence-electron chi connectivity index (χ4n) is 1.31. The molecule has 86 valence electrons. The van der Waals surface area contributed by atoms with Gasteiger partial charge < -0.3 is 16.2 Å². The first-order chi connectivity index (χ1) is 7.54. The van der Waals surface area contributed by atoms with Gasteiger partial charge in [0, 0.05) is 18.3 Å². The standard InChI is InChI=1S/C12H17N3O/c1-8-5-11(4-3-10(8)6-13)15-7-12(14)9(2)16/h3-5,9,12,15-16H,7,14H2,1-2H3. The lowest BCUT2D eigenvalue weighted by Crippen LogP contribution is -2.38. The quantitative estimate of drug-likeness (QED) is 0.705. The second-order valence-corrected chi connectivity index (χ2v) is 3.93. The van der Waals surface area contributed by atoms with Crippen LogP contribution in [0.2, 0.25) is 0 Å². The number of nitrogens with two attached hydrogens (primary N) is 1. The number of nitrogens with zero attached hydrogens (tertiary/aromatic N) is 1. The highest BCUT2D eigenvalue weighted by Gasteiger charge is 2.08. The van der Waals surface area contributed by atoms with E-state index in [9.17, 15) is 5.11 Å². The Balaban J connectivity index is 2.63. The van der Waals surface area contributed by atoms with Gasteiger partial charge in [-0.25, -0.2) is 0 Å². The maximum absolute atomic E-state index is 9.23. The van der Waals surface area contributed by atoms with Crippen molar-refractivity contribution in [1.82, 2.24) is 0 Å². The third-order valence-electron chi connectivity index (χ3n) is 2.51. The SMILES string of the molecule is Cc1cc(NCC(N)C(C)O)ccc1C#N. The third-order valence-corrected chi connectivity index (χ3v) is 2.51. The molecule has 2 unspecified atom stereocenters. The molecule has 0 bridgehead atoms. The molecule has 0 aliphatic heterocycles. The van der Waals surface area contributed by atoms with Crippen molar-refractivity contribution in [2.24, 2.45) is 5.73 Å². The van der Waals surface area contributed by atoms with Gasteiger partial charge in [-0.1, -0.05) is 0 Å². The highest BCUT2D eigenvalue weighted by Crippen LogP contribution is 2.14. The van der Waals surface area contributed by atoms with Crippen molar-refractivity contribution in [1.29, 1.82) is 5.26 Å². The summed E-state index contributed by atoms with van der Waals surface area (Å²) < 4.78 is 0. The van der Waals surface area contributed by atoms with Crippen LogP contribution >= 0.6 is 0 Å². The summed E-state index contributed by atoms with van der Waals surface area (Å²) in [5.41, 5.74) is 8.20. The van der Waals surface area contributed by atoms with Gasteiger partial charge in [0.15, 0.2) is 0 Å². The zero-order valence-electron chi connectivity index (χ0n) is 9.57. The summed E-state index contributed by atoms with van der Waals surface area (Å²) in [7, 11) is 0. The zero-order chi connectivity index (χ0) is 12.1. The predicted molar refractivity (Wildman–Crippen MR) is 64.0 cm³/mol. The van der Waals surface area contributed by atoms with Crippen LogP contribution in [0.4, 0.5) is 5.69 Å². The number of anilines is 1. The van der Waals surface area contributed by atoms with E-state index in [1.807, 2.05) is 19.1 Å². The van der Waals surface area contributed by atoms with Gasteiger partial charge in [-0.2, -0.15) is 5.26 Å². The van der Waals surface area contributed by atoms with Gasteiger partial charge in [-0.15, -0.1) is 0 Å². The molecule has 1 aromatic carbocycles. The van der Waals surface area contributed by atoms with Gasteiger partial charge in [0.25, 0.3) is 0 Å². The molecule has 4 nitrogen and oxygen atoms in total. The lowest BCUT2D eigenvalue weighted by molar-refractivity contribution is 0.168. The van der Waals surface area contributed by atoms with Crippen molar-refractivity contribution in [2.45, 2.75) is 26.0 Å². The first-order valence-corrected chi connectivity index (χ1v) is 5.23. The molecule has 1 aromatic rings. The zero-order valence-corrected chi connectivity index (χ0v) is 9.57. The Labute approximate surface area is 95.7 Å². The molecule has 0 saturated heterocycles. The van der Waals surface area contributed by atoms with E-state index in [1.54, 1.807) is 13.0 Å². The normalized spacial score (nSPS) is 13.9. The molecule has 0 spiro atoms. The van der Waals surface area contributed by atoms with E-state index in [0.29, 0.717) is 12.1 Å². The van der Waals surface area contributed by atoms with E-state index in [4.69, 9.17) is 11.0 Å². The van der Waals surface area contributed by atoms with Crippen molar-refractivity contribution < 1.29 is 5.11 Å². The first kappa shape index (κ1) is 12.5. The Morgan fingerprint density at radius 1 is 1.56 bits per heavy atom. The summed E-state index contributed by atoms with van der Waals surface area (Å²) in [4.78, 5) is 0. The van der Waals surface area contributed by atoms with Crippen LogP contribution < -0.4 is 11.1 Å². The Morgan fingerprint density at radius 2 is 2.25 bits per heavy atom. The molecule has 0 aliphatic carbocycles. The Kier molecular flexibility index (Phi) is 4.29. The van der Waals surface area contributed by atoms with Crippen molar-refractivity contribution >= 4 is 5.69 Å². The average Bonchev–Trinajstić information content (AvgIpc) is 2.25. The van der Waals surface area contributed by atoms with E-state index in [1.165, 1.54) is 0 Å². The smallest absolute Gasteiger partial charge is 0.0994 e. The Hall–Kier alpha value is -1.57. The molecule has 1 rings (SSSR count). The lowest BCUT2D eigenvalue weighted by Gasteiger charge is -2.16. The van der Waals surface area contributed by atoms with Crippen LogP contribution in [0.5, 0.6) is 0 Å². The second-order valence-electron chi connectivity index (χ2n) is 3.93. The summed E-state index contributed by atoms with van der Waals surface area (Å²) in [6.07, 6.45) is -0.535. The molecule has 0 fully saturated rings. The summed E-state index contributed by atoms with van der Waals surface area (Å²) in [6.45, 7) is 4.05. The van der Waals surface area contributed by atoms with Crippen LogP contribution in [0.3, 0.4) is 0 Å². The first-order valence-electron chi connectivity index (χ1n) is 5.23. The monoisotopic (exact) mass is 219 g/mol. The van der Waals surface area contributed by atoms with Crippen LogP contribution in [-0.4, -0.2) is 23.8 Å². The van der Waals surface area contributed by atoms with E-state index in [2.05, 4.69) is 11.4 Å². The van der Waals surface area contributed by atoms with Gasteiger partial charge in [-0.05, 0) is 37.6 Å². The van der Waals surface area contributed by atoms with Crippen molar-refractivity contribution in [2.75, 3.05) is 11.9 Å². The molecular weight excluding hydrogens is 202 g/mol. The summed E-state index contributed by atoms with van der Waals surface area (Å²) in [5.74, 6) is 0. The van der Waals surface area contributed by atoms with Crippen molar-refractivity contribution in [3.63, 3.8) is 0 Å². The van der Waals surface area contributed by atoms with Crippen LogP contribution in [0, 0.1) is 18.3 Å². The molecule has 0 amide bonds. The highest BCUT2D eigenvalue weighted by molar-refractivity contribution is 5.51. The van der Waals surface area contributed by atoms with Crippen LogP contribution in [0.25, 0.3) is 0 Å². The Bertz CT molecular complexity index is 396. The molecule has 0 aliphatic rings. The number of hydrogen-bond acceptors (Lipinski definition) is 4. The summed E-state index contributed by atoms with van der Waals surface area (Å²) in [6, 6.07) is 7.32. The summed E-state index contributed by atoms with van der Waals surface area (Å²) >= 11 is 0. The van der Waals surface area contributed by atoms with E-state index < -0.39 is 6.10 Å². The second kappa shape index (κ2) is 5.50. The highest BCUT2D eigenvalue weighted by atomic mass is 16.3. The fourth-order valence-corrected chi connectivity index (χ4v) is 1.31. The molecule has 4 N–H and O–H groups in total. The van der Waals surface area contributed by atoms with Gasteiger partial charge >= 0.3 is 0 Å². The number of nitrogens with one attached hydrogen (secondary N) is 1. The molecule has 2 atom stereocenters. The number of rotatable bonds is 4. The van der Waals surface area contributed by atoms with E-state index >= 15 is 0 Å². The van der Waals surface area contributed by atoms with Gasteiger partial charge in [-0.3, -0.25) is 0 Å².